The summed E-state index contributed by atoms with van der Waals surface area (Å²) in [5.74, 6) is 0.623. The second-order valence-corrected chi connectivity index (χ2v) is 6.34. The van der Waals surface area contributed by atoms with E-state index in [1.807, 2.05) is 48.7 Å². The van der Waals surface area contributed by atoms with Crippen LogP contribution < -0.4 is 11.1 Å². The van der Waals surface area contributed by atoms with Crippen LogP contribution in [0.4, 0.5) is 5.88 Å². The summed E-state index contributed by atoms with van der Waals surface area (Å²) in [6.07, 6.45) is 4.45. The molecule has 0 saturated heterocycles. The van der Waals surface area contributed by atoms with Crippen LogP contribution in [0.5, 0.6) is 0 Å². The molecule has 2 aromatic heterocycles. The second kappa shape index (κ2) is 7.37. The maximum Gasteiger partial charge on any atom is 0.225 e. The molecule has 0 bridgehead atoms. The largest absolute Gasteiger partial charge is 0.352 e. The summed E-state index contributed by atoms with van der Waals surface area (Å²) in [4.78, 5) is 4.13. The van der Waals surface area contributed by atoms with Gasteiger partial charge in [-0.25, -0.2) is 0 Å². The first-order valence-electron chi connectivity index (χ1n) is 8.62. The number of fused-ring (bicyclic) bond motifs is 1. The highest BCUT2D eigenvalue weighted by Crippen LogP contribution is 2.25. The van der Waals surface area contributed by atoms with Gasteiger partial charge in [0.15, 0.2) is 0 Å². The number of anilines is 1. The summed E-state index contributed by atoms with van der Waals surface area (Å²) in [5, 5.41) is 9.62. The lowest BCUT2D eigenvalue weighted by Gasteiger charge is -2.11. The van der Waals surface area contributed by atoms with Crippen molar-refractivity contribution in [2.45, 2.75) is 12.5 Å². The molecular weight excluding hydrogens is 324 g/mol. The fourth-order valence-corrected chi connectivity index (χ4v) is 2.96. The highest BCUT2D eigenvalue weighted by molar-refractivity contribution is 5.86. The summed E-state index contributed by atoms with van der Waals surface area (Å²) in [6, 6.07) is 20.3. The third-order valence-corrected chi connectivity index (χ3v) is 4.33. The highest BCUT2D eigenvalue weighted by atomic mass is 16.5. The number of rotatable bonds is 6. The first-order chi connectivity index (χ1) is 12.8. The Kier molecular flexibility index (Phi) is 4.62. The van der Waals surface area contributed by atoms with Gasteiger partial charge < -0.3 is 15.6 Å². The van der Waals surface area contributed by atoms with Crippen molar-refractivity contribution in [1.29, 1.82) is 0 Å². The molecule has 1 atom stereocenters. The zero-order chi connectivity index (χ0) is 17.8. The highest BCUT2D eigenvalue weighted by Gasteiger charge is 2.09. The minimum absolute atomic E-state index is 0.000816. The van der Waals surface area contributed by atoms with Crippen molar-refractivity contribution >= 4 is 16.7 Å². The number of hydrogen-bond donors (Lipinski definition) is 2. The number of nitrogens with zero attached hydrogens (tertiary/aromatic N) is 2. The monoisotopic (exact) mass is 344 g/mol. The van der Waals surface area contributed by atoms with Crippen LogP contribution in [0, 0.1) is 0 Å². The van der Waals surface area contributed by atoms with E-state index in [1.165, 1.54) is 5.56 Å². The smallest absolute Gasteiger partial charge is 0.225 e. The van der Waals surface area contributed by atoms with Gasteiger partial charge in [-0.1, -0.05) is 47.6 Å². The van der Waals surface area contributed by atoms with Crippen LogP contribution in [-0.4, -0.2) is 22.7 Å². The molecule has 2 heterocycles. The third-order valence-electron chi connectivity index (χ3n) is 4.33. The number of aromatic nitrogens is 2. The van der Waals surface area contributed by atoms with Gasteiger partial charge in [-0.15, -0.1) is 0 Å². The van der Waals surface area contributed by atoms with Gasteiger partial charge in [0, 0.05) is 42.0 Å². The van der Waals surface area contributed by atoms with Gasteiger partial charge in [0.2, 0.25) is 5.88 Å². The van der Waals surface area contributed by atoms with Crippen molar-refractivity contribution in [3.8, 4) is 11.3 Å². The summed E-state index contributed by atoms with van der Waals surface area (Å²) in [6.45, 7) is 0.618. The Balaban J connectivity index is 1.41. The average Bonchev–Trinajstić information content (AvgIpc) is 3.16. The molecule has 4 rings (SSSR count). The van der Waals surface area contributed by atoms with E-state index < -0.39 is 0 Å². The first kappa shape index (κ1) is 16.3. The number of benzene rings is 2. The Morgan fingerprint density at radius 2 is 1.88 bits per heavy atom. The number of pyridine rings is 1. The standard InChI is InChI=1S/C21H20N4O/c22-19(10-15-4-2-1-3-5-15)14-24-21-12-20(25-26-21)17-6-7-18-13-23-9-8-16(18)11-17/h1-9,11-13,19,24H,10,14,22H2/t19-/m1/s1. The lowest BCUT2D eigenvalue weighted by Crippen LogP contribution is -2.31. The average molecular weight is 344 g/mol. The molecule has 5 heteroatoms. The quantitative estimate of drug-likeness (QED) is 0.555. The van der Waals surface area contributed by atoms with Crippen molar-refractivity contribution in [3.63, 3.8) is 0 Å². The van der Waals surface area contributed by atoms with Gasteiger partial charge in [0.25, 0.3) is 0 Å². The summed E-state index contributed by atoms with van der Waals surface area (Å²) in [7, 11) is 0. The number of nitrogens with two attached hydrogens (primary N) is 1. The Morgan fingerprint density at radius 1 is 1.00 bits per heavy atom. The molecule has 4 aromatic rings. The Labute approximate surface area is 151 Å². The van der Waals surface area contributed by atoms with Crippen molar-refractivity contribution in [2.24, 2.45) is 5.73 Å². The van der Waals surface area contributed by atoms with Crippen LogP contribution in [0.1, 0.15) is 5.56 Å². The van der Waals surface area contributed by atoms with Gasteiger partial charge in [-0.2, -0.15) is 0 Å². The van der Waals surface area contributed by atoms with Crippen molar-refractivity contribution in [2.75, 3.05) is 11.9 Å². The molecule has 2 aromatic carbocycles. The SMILES string of the molecule is N[C@@H](CNc1cc(-c2ccc3cnccc3c2)no1)Cc1ccccc1. The summed E-state index contributed by atoms with van der Waals surface area (Å²) >= 11 is 0. The number of hydrogen-bond acceptors (Lipinski definition) is 5. The van der Waals surface area contributed by atoms with Crippen LogP contribution in [0.25, 0.3) is 22.0 Å². The molecule has 0 spiro atoms. The normalized spacial score (nSPS) is 12.2. The molecule has 5 nitrogen and oxygen atoms in total. The third kappa shape index (κ3) is 3.73. The molecule has 0 aliphatic rings. The lowest BCUT2D eigenvalue weighted by atomic mass is 10.1. The van der Waals surface area contributed by atoms with E-state index in [2.05, 4.69) is 33.7 Å². The first-order valence-corrected chi connectivity index (χ1v) is 8.62. The van der Waals surface area contributed by atoms with E-state index in [4.69, 9.17) is 10.3 Å². The molecule has 0 aliphatic carbocycles. The van der Waals surface area contributed by atoms with Crippen LogP contribution >= 0.6 is 0 Å². The topological polar surface area (TPSA) is 77.0 Å². The Morgan fingerprint density at radius 3 is 2.77 bits per heavy atom. The molecule has 3 N–H and O–H groups in total. The fourth-order valence-electron chi connectivity index (χ4n) is 2.96. The molecule has 26 heavy (non-hydrogen) atoms. The van der Waals surface area contributed by atoms with Crippen molar-refractivity contribution in [3.05, 3.63) is 78.6 Å². The van der Waals surface area contributed by atoms with Crippen LogP contribution in [-0.2, 0) is 6.42 Å². The molecule has 0 fully saturated rings. The predicted molar refractivity (Wildman–Crippen MR) is 104 cm³/mol. The van der Waals surface area contributed by atoms with Crippen molar-refractivity contribution in [1.82, 2.24) is 10.1 Å². The van der Waals surface area contributed by atoms with Gasteiger partial charge in [-0.3, -0.25) is 4.98 Å². The molecule has 130 valence electrons. The van der Waals surface area contributed by atoms with E-state index in [0.717, 1.165) is 28.5 Å². The minimum atomic E-state index is -0.000816. The summed E-state index contributed by atoms with van der Waals surface area (Å²) < 4.78 is 5.40. The molecule has 0 radical (unpaired) electrons. The maximum atomic E-state index is 6.20. The fraction of sp³-hybridized carbons (Fsp3) is 0.143. The molecule has 0 aliphatic heterocycles. The zero-order valence-corrected chi connectivity index (χ0v) is 14.3. The minimum Gasteiger partial charge on any atom is -0.352 e. The Hall–Kier alpha value is -3.18. The van der Waals surface area contributed by atoms with E-state index in [0.29, 0.717) is 12.4 Å². The molecule has 0 amide bonds. The predicted octanol–water partition coefficient (Wildman–Crippen LogP) is 3.87. The van der Waals surface area contributed by atoms with Crippen LogP contribution in [0.15, 0.2) is 77.6 Å². The van der Waals surface area contributed by atoms with Crippen molar-refractivity contribution < 1.29 is 4.52 Å². The maximum absolute atomic E-state index is 6.20. The molecule has 0 saturated carbocycles. The van der Waals surface area contributed by atoms with E-state index in [9.17, 15) is 0 Å². The van der Waals surface area contributed by atoms with Crippen LogP contribution in [0.3, 0.4) is 0 Å². The van der Waals surface area contributed by atoms with Gasteiger partial charge in [0.05, 0.1) is 0 Å². The van der Waals surface area contributed by atoms with E-state index >= 15 is 0 Å². The molecule has 0 unspecified atom stereocenters. The van der Waals surface area contributed by atoms with E-state index in [-0.39, 0.29) is 6.04 Å². The van der Waals surface area contributed by atoms with Gasteiger partial charge in [0.1, 0.15) is 5.69 Å². The summed E-state index contributed by atoms with van der Waals surface area (Å²) in [5.41, 5.74) is 9.23. The second-order valence-electron chi connectivity index (χ2n) is 6.34. The Bertz CT molecular complexity index is 997. The van der Waals surface area contributed by atoms with Gasteiger partial charge in [-0.05, 0) is 29.5 Å². The zero-order valence-electron chi connectivity index (χ0n) is 14.3. The van der Waals surface area contributed by atoms with E-state index in [1.54, 1.807) is 6.20 Å². The van der Waals surface area contributed by atoms with Gasteiger partial charge >= 0.3 is 0 Å². The lowest BCUT2D eigenvalue weighted by molar-refractivity contribution is 0.433. The van der Waals surface area contributed by atoms with Crippen LogP contribution in [0.2, 0.25) is 0 Å². The number of nitrogens with one attached hydrogen (secondary N) is 1. The molecular formula is C21H20N4O.